The average Bonchev–Trinajstić information content (AvgIpc) is 2.50. The summed E-state index contributed by atoms with van der Waals surface area (Å²) in [5, 5.41) is 0. The summed E-state index contributed by atoms with van der Waals surface area (Å²) in [6.07, 6.45) is -11.2. The Morgan fingerprint density at radius 1 is 0.419 bits per heavy atom. The lowest BCUT2D eigenvalue weighted by molar-refractivity contribution is -0.412. The van der Waals surface area contributed by atoms with Crippen molar-refractivity contribution in [3.05, 3.63) is 0 Å². The predicted molar refractivity (Wildman–Crippen MR) is 67.3 cm³/mol. The molecule has 4 atom stereocenters. The third kappa shape index (κ3) is 2.62. The molecule has 0 amide bonds. The van der Waals surface area contributed by atoms with Crippen LogP contribution in [0.5, 0.6) is 0 Å². The summed E-state index contributed by atoms with van der Waals surface area (Å²) in [4.78, 5) is 0. The van der Waals surface area contributed by atoms with E-state index in [1.165, 1.54) is 0 Å². The quantitative estimate of drug-likeness (QED) is 0.430. The van der Waals surface area contributed by atoms with Gasteiger partial charge in [-0.05, 0) is 0 Å². The Kier molecular flexibility index (Phi) is 4.90. The predicted octanol–water partition coefficient (Wildman–Crippen LogP) is 4.66. The van der Waals surface area contributed by atoms with Gasteiger partial charge in [-0.1, -0.05) is 0 Å². The van der Waals surface area contributed by atoms with Crippen molar-refractivity contribution in [1.29, 1.82) is 0 Å². The summed E-state index contributed by atoms with van der Waals surface area (Å²) >= 11 is 0. The van der Waals surface area contributed by atoms with E-state index in [2.05, 4.69) is 11.5 Å². The van der Waals surface area contributed by atoms with E-state index in [0.29, 0.717) is 0 Å². The fourth-order valence-corrected chi connectivity index (χ4v) is 3.52. The molecule has 2 rings (SSSR count). The van der Waals surface area contributed by atoms with Gasteiger partial charge >= 0.3 is 35.5 Å². The van der Waals surface area contributed by atoms with Crippen molar-refractivity contribution in [1.82, 2.24) is 0 Å². The summed E-state index contributed by atoms with van der Waals surface area (Å²) < 4.78 is 220. The summed E-state index contributed by atoms with van der Waals surface area (Å²) in [7, 11) is 0. The smallest absolute Gasteiger partial charge is 0.288 e. The molecule has 2 fully saturated rings. The lowest BCUT2D eigenvalue weighted by Gasteiger charge is -2.55. The van der Waals surface area contributed by atoms with Crippen LogP contribution in [-0.2, 0) is 0 Å². The second kappa shape index (κ2) is 5.83. The number of rotatable bonds is 2. The molecule has 0 aromatic heterocycles. The highest BCUT2D eigenvalue weighted by Gasteiger charge is 2.93. The Morgan fingerprint density at radius 3 is 0.871 bits per heavy atom. The Hall–Kier alpha value is -1.20. The van der Waals surface area contributed by atoms with Crippen LogP contribution in [-0.4, -0.2) is 58.5 Å². The lowest BCUT2D eigenvalue weighted by atomic mass is 9.64. The highest BCUT2D eigenvalue weighted by molar-refractivity contribution is 5.26. The summed E-state index contributed by atoms with van der Waals surface area (Å²) in [6, 6.07) is 0. The fraction of sp³-hybridized carbons (Fsp3) is 1.00. The van der Waals surface area contributed by atoms with Crippen LogP contribution in [0.4, 0.5) is 70.2 Å². The van der Waals surface area contributed by atoms with E-state index >= 15 is 0 Å². The highest BCUT2D eigenvalue weighted by Crippen LogP contribution is 2.68. The van der Waals surface area contributed by atoms with Gasteiger partial charge in [-0.2, -0.15) is 52.7 Å². The third-order valence-electron chi connectivity index (χ3n) is 5.44. The van der Waals surface area contributed by atoms with Crippen molar-refractivity contribution in [2.75, 3.05) is 0 Å². The molecule has 2 aliphatic rings. The molecular formula is C13H10F16N2. The Balaban J connectivity index is 2.70. The van der Waals surface area contributed by atoms with Crippen LogP contribution in [0, 0.1) is 0 Å². The van der Waals surface area contributed by atoms with Gasteiger partial charge in [0.2, 0.25) is 0 Å². The van der Waals surface area contributed by atoms with E-state index in [-0.39, 0.29) is 0 Å². The van der Waals surface area contributed by atoms with E-state index in [0.717, 1.165) is 0 Å². The first kappa shape index (κ1) is 26.1. The van der Waals surface area contributed by atoms with Crippen LogP contribution >= 0.6 is 0 Å². The fourth-order valence-electron chi connectivity index (χ4n) is 3.52. The zero-order valence-corrected chi connectivity index (χ0v) is 14.3. The monoisotopic (exact) mass is 498 g/mol. The molecule has 4 unspecified atom stereocenters. The average molecular weight is 498 g/mol. The zero-order chi connectivity index (χ0) is 25.1. The highest BCUT2D eigenvalue weighted by atomic mass is 19.3. The molecule has 4 N–H and O–H groups in total. The maximum Gasteiger partial charge on any atom is 0.362 e. The van der Waals surface area contributed by atoms with Crippen LogP contribution in [0.2, 0.25) is 0 Å². The molecule has 0 heterocycles. The molecule has 0 spiro atoms. The molecule has 2 aliphatic carbocycles. The Morgan fingerprint density at radius 2 is 0.645 bits per heavy atom. The summed E-state index contributed by atoms with van der Waals surface area (Å²) in [5.41, 5.74) is -4.29. The molecule has 0 bridgehead atoms. The molecular weight excluding hydrogens is 488 g/mol. The van der Waals surface area contributed by atoms with Crippen molar-refractivity contribution in [2.45, 2.75) is 77.7 Å². The number of halogens is 16. The van der Waals surface area contributed by atoms with Gasteiger partial charge < -0.3 is 0 Å². The number of hydrogen-bond acceptors (Lipinski definition) is 2. The van der Waals surface area contributed by atoms with Gasteiger partial charge in [0.1, 0.15) is 0 Å². The zero-order valence-electron chi connectivity index (χ0n) is 14.3. The number of hydrogen-bond donors (Lipinski definition) is 2. The molecule has 184 valence electrons. The Bertz CT molecular complexity index is 699. The molecule has 0 aromatic rings. The van der Waals surface area contributed by atoms with E-state index in [1.807, 2.05) is 0 Å². The van der Waals surface area contributed by atoms with Crippen LogP contribution < -0.4 is 11.5 Å². The van der Waals surface area contributed by atoms with E-state index in [9.17, 15) is 70.2 Å². The van der Waals surface area contributed by atoms with Crippen molar-refractivity contribution < 1.29 is 70.2 Å². The molecule has 0 saturated heterocycles. The molecule has 2 nitrogen and oxygen atoms in total. The molecule has 0 aliphatic heterocycles. The van der Waals surface area contributed by atoms with E-state index in [1.54, 1.807) is 0 Å². The van der Waals surface area contributed by atoms with Crippen LogP contribution in [0.15, 0.2) is 0 Å². The van der Waals surface area contributed by atoms with Crippen LogP contribution in [0.1, 0.15) is 19.3 Å². The normalized spacial score (nSPS) is 47.0. The first-order valence-corrected chi connectivity index (χ1v) is 7.72. The minimum absolute atomic E-state index is 3.68. The topological polar surface area (TPSA) is 52.0 Å². The largest absolute Gasteiger partial charge is 0.362 e. The van der Waals surface area contributed by atoms with Crippen molar-refractivity contribution in [2.24, 2.45) is 11.5 Å². The Labute approximate surface area is 160 Å². The minimum atomic E-state index is -6.71. The van der Waals surface area contributed by atoms with Gasteiger partial charge in [0.05, 0.1) is 12.8 Å². The van der Waals surface area contributed by atoms with Gasteiger partial charge in [0.25, 0.3) is 11.6 Å². The van der Waals surface area contributed by atoms with Gasteiger partial charge in [0, 0.05) is 6.42 Å². The molecule has 31 heavy (non-hydrogen) atoms. The molecule has 2 saturated carbocycles. The van der Waals surface area contributed by atoms with E-state index in [4.69, 9.17) is 0 Å². The second-order valence-electron chi connectivity index (χ2n) is 7.59. The van der Waals surface area contributed by atoms with Gasteiger partial charge in [-0.25, -0.2) is 17.6 Å². The third-order valence-corrected chi connectivity index (χ3v) is 5.44. The standard InChI is InChI=1S/C13H10F16N2/c14-4(2-6(16,17)10(24,25)12(28,30)8(4,20)21)1-5(15)3-7(18,19)11(26,27)13(29,31)9(5,22)23/h1-3,30-31H2. The number of nitrogens with two attached hydrogens (primary N) is 2. The first-order valence-electron chi connectivity index (χ1n) is 7.72. The molecule has 18 heteroatoms. The SMILES string of the molecule is NC1(F)C(F)(F)C(F)(F)CC(F)(CC2(F)CC(F)(F)C(F)(F)C(N)(F)C2(F)F)C1(F)F. The number of alkyl halides is 16. The van der Waals surface area contributed by atoms with Crippen molar-refractivity contribution >= 4 is 0 Å². The maximum absolute atomic E-state index is 14.7. The molecule has 0 aromatic carbocycles. The minimum Gasteiger partial charge on any atom is -0.288 e. The van der Waals surface area contributed by atoms with E-state index < -0.39 is 77.7 Å². The van der Waals surface area contributed by atoms with Crippen LogP contribution in [0.3, 0.4) is 0 Å². The summed E-state index contributed by atoms with van der Waals surface area (Å²) in [6.45, 7) is 0. The molecule has 0 radical (unpaired) electrons. The van der Waals surface area contributed by atoms with Crippen molar-refractivity contribution in [3.8, 4) is 0 Å². The van der Waals surface area contributed by atoms with Crippen molar-refractivity contribution in [3.63, 3.8) is 0 Å². The first-order chi connectivity index (χ1) is 13.1. The van der Waals surface area contributed by atoms with Gasteiger partial charge in [-0.3, -0.25) is 11.5 Å². The van der Waals surface area contributed by atoms with Gasteiger partial charge in [0.15, 0.2) is 11.3 Å². The van der Waals surface area contributed by atoms with Gasteiger partial charge in [-0.15, -0.1) is 0 Å². The maximum atomic E-state index is 14.7. The second-order valence-corrected chi connectivity index (χ2v) is 7.59. The lowest BCUT2D eigenvalue weighted by Crippen LogP contribution is -2.83. The van der Waals surface area contributed by atoms with Crippen LogP contribution in [0.25, 0.3) is 0 Å². The summed E-state index contributed by atoms with van der Waals surface area (Å²) in [5.74, 6) is -52.0.